The van der Waals surface area contributed by atoms with Crippen LogP contribution in [0.4, 0.5) is 0 Å². The number of methoxy groups -OCH3 is 1. The molecule has 0 unspecified atom stereocenters. The molecule has 0 radical (unpaired) electrons. The lowest BCUT2D eigenvalue weighted by atomic mass is 10.1. The third kappa shape index (κ3) is 2.11. The Labute approximate surface area is 92.9 Å². The average Bonchev–Trinajstić information content (AvgIpc) is 2.28. The lowest BCUT2D eigenvalue weighted by Crippen LogP contribution is -2.11. The maximum atomic E-state index is 11.2. The van der Waals surface area contributed by atoms with E-state index >= 15 is 0 Å². The molecule has 1 N–H and O–H groups in total. The lowest BCUT2D eigenvalue weighted by molar-refractivity contribution is 0.415. The molecule has 0 spiro atoms. The first-order valence-corrected chi connectivity index (χ1v) is 4.91. The molecule has 16 heavy (non-hydrogen) atoms. The summed E-state index contributed by atoms with van der Waals surface area (Å²) in [7, 11) is 1.61. The molecule has 0 fully saturated rings. The quantitative estimate of drug-likeness (QED) is 0.832. The second kappa shape index (κ2) is 4.18. The summed E-state index contributed by atoms with van der Waals surface area (Å²) in [5, 5.41) is 0. The van der Waals surface area contributed by atoms with Crippen LogP contribution >= 0.6 is 0 Å². The van der Waals surface area contributed by atoms with Crippen molar-refractivity contribution in [3.63, 3.8) is 0 Å². The fourth-order valence-corrected chi connectivity index (χ4v) is 1.51. The van der Waals surface area contributed by atoms with Crippen LogP contribution in [0.3, 0.4) is 0 Å². The zero-order valence-corrected chi connectivity index (χ0v) is 9.15. The zero-order chi connectivity index (χ0) is 11.5. The molecule has 2 aromatic rings. The summed E-state index contributed by atoms with van der Waals surface area (Å²) in [5.41, 5.74) is 1.98. The fourth-order valence-electron chi connectivity index (χ4n) is 1.51. The van der Waals surface area contributed by atoms with Crippen LogP contribution in [-0.4, -0.2) is 17.1 Å². The first-order chi connectivity index (χ1) is 7.69. The Morgan fingerprint density at radius 1 is 1.31 bits per heavy atom. The number of aromatic amines is 1. The second-order valence-corrected chi connectivity index (χ2v) is 3.49. The van der Waals surface area contributed by atoms with E-state index in [0.717, 1.165) is 17.0 Å². The summed E-state index contributed by atoms with van der Waals surface area (Å²) >= 11 is 0. The van der Waals surface area contributed by atoms with E-state index < -0.39 is 0 Å². The second-order valence-electron chi connectivity index (χ2n) is 3.49. The Balaban J connectivity index is 2.53. The number of benzene rings is 1. The Kier molecular flexibility index (Phi) is 2.72. The zero-order valence-electron chi connectivity index (χ0n) is 9.15. The molecule has 0 saturated heterocycles. The monoisotopic (exact) mass is 216 g/mol. The van der Waals surface area contributed by atoms with Crippen molar-refractivity contribution in [3.8, 4) is 17.0 Å². The first-order valence-electron chi connectivity index (χ1n) is 4.91. The van der Waals surface area contributed by atoms with Gasteiger partial charge >= 0.3 is 5.69 Å². The highest BCUT2D eigenvalue weighted by Crippen LogP contribution is 2.21. The van der Waals surface area contributed by atoms with Crippen LogP contribution in [0.5, 0.6) is 5.75 Å². The van der Waals surface area contributed by atoms with E-state index in [-0.39, 0.29) is 5.69 Å². The predicted molar refractivity (Wildman–Crippen MR) is 61.6 cm³/mol. The minimum absolute atomic E-state index is 0.335. The number of aryl methyl sites for hydroxylation is 1. The number of ether oxygens (including phenoxy) is 1. The molecule has 0 amide bonds. The van der Waals surface area contributed by atoms with E-state index in [9.17, 15) is 4.79 Å². The van der Waals surface area contributed by atoms with Gasteiger partial charge in [-0.3, -0.25) is 0 Å². The van der Waals surface area contributed by atoms with E-state index in [2.05, 4.69) is 9.97 Å². The van der Waals surface area contributed by atoms with Crippen molar-refractivity contribution in [1.29, 1.82) is 0 Å². The Morgan fingerprint density at radius 3 is 2.81 bits per heavy atom. The van der Waals surface area contributed by atoms with E-state index in [1.54, 1.807) is 7.11 Å². The molecular formula is C12H12N2O2. The third-order valence-electron chi connectivity index (χ3n) is 2.24. The van der Waals surface area contributed by atoms with Crippen molar-refractivity contribution in [2.24, 2.45) is 0 Å². The minimum Gasteiger partial charge on any atom is -0.497 e. The fraction of sp³-hybridized carbons (Fsp3) is 0.167. The van der Waals surface area contributed by atoms with Gasteiger partial charge in [-0.05, 0) is 25.1 Å². The van der Waals surface area contributed by atoms with E-state index in [1.807, 2.05) is 37.3 Å². The van der Waals surface area contributed by atoms with Gasteiger partial charge in [-0.2, -0.15) is 4.98 Å². The Bertz CT molecular complexity index is 561. The number of nitrogens with zero attached hydrogens (tertiary/aromatic N) is 1. The smallest absolute Gasteiger partial charge is 0.345 e. The highest BCUT2D eigenvalue weighted by Gasteiger charge is 2.02. The molecule has 0 bridgehead atoms. The molecule has 0 aliphatic carbocycles. The van der Waals surface area contributed by atoms with E-state index in [4.69, 9.17) is 4.74 Å². The van der Waals surface area contributed by atoms with Crippen molar-refractivity contribution < 1.29 is 4.74 Å². The SMILES string of the molecule is COc1cccc(-c2cc(C)[nH]c(=O)n2)c1. The molecule has 4 nitrogen and oxygen atoms in total. The van der Waals surface area contributed by atoms with Gasteiger partial charge < -0.3 is 9.72 Å². The van der Waals surface area contributed by atoms with Crippen LogP contribution in [0.15, 0.2) is 35.1 Å². The maximum absolute atomic E-state index is 11.2. The molecule has 0 atom stereocenters. The van der Waals surface area contributed by atoms with Gasteiger partial charge in [0.1, 0.15) is 5.75 Å². The van der Waals surface area contributed by atoms with Crippen LogP contribution in [0.25, 0.3) is 11.3 Å². The molecule has 0 aliphatic rings. The van der Waals surface area contributed by atoms with Gasteiger partial charge in [0.2, 0.25) is 0 Å². The molecule has 2 rings (SSSR count). The standard InChI is InChI=1S/C12H12N2O2/c1-8-6-11(14-12(15)13-8)9-4-3-5-10(7-9)16-2/h3-7H,1-2H3,(H,13,14,15). The molecular weight excluding hydrogens is 204 g/mol. The van der Waals surface area contributed by atoms with Crippen molar-refractivity contribution >= 4 is 0 Å². The number of rotatable bonds is 2. The highest BCUT2D eigenvalue weighted by atomic mass is 16.5. The molecule has 1 heterocycles. The largest absolute Gasteiger partial charge is 0.497 e. The summed E-state index contributed by atoms with van der Waals surface area (Å²) in [6.07, 6.45) is 0. The van der Waals surface area contributed by atoms with Crippen molar-refractivity contribution in [2.75, 3.05) is 7.11 Å². The summed E-state index contributed by atoms with van der Waals surface area (Å²) in [5.74, 6) is 0.747. The van der Waals surface area contributed by atoms with Crippen LogP contribution in [0.1, 0.15) is 5.69 Å². The normalized spacial score (nSPS) is 10.1. The molecule has 0 aliphatic heterocycles. The predicted octanol–water partition coefficient (Wildman–Crippen LogP) is 1.75. The van der Waals surface area contributed by atoms with Crippen LogP contribution < -0.4 is 10.4 Å². The van der Waals surface area contributed by atoms with Gasteiger partial charge in [0.15, 0.2) is 0 Å². The number of aromatic nitrogens is 2. The van der Waals surface area contributed by atoms with Crippen molar-refractivity contribution in [3.05, 3.63) is 46.5 Å². The van der Waals surface area contributed by atoms with Crippen molar-refractivity contribution in [1.82, 2.24) is 9.97 Å². The third-order valence-corrected chi connectivity index (χ3v) is 2.24. The minimum atomic E-state index is -0.335. The number of hydrogen-bond donors (Lipinski definition) is 1. The highest BCUT2D eigenvalue weighted by molar-refractivity contribution is 5.61. The Morgan fingerprint density at radius 2 is 2.12 bits per heavy atom. The van der Waals surface area contributed by atoms with Gasteiger partial charge in [-0.1, -0.05) is 12.1 Å². The number of nitrogens with one attached hydrogen (secondary N) is 1. The average molecular weight is 216 g/mol. The van der Waals surface area contributed by atoms with Gasteiger partial charge in [0.25, 0.3) is 0 Å². The van der Waals surface area contributed by atoms with Crippen LogP contribution in [0.2, 0.25) is 0 Å². The summed E-state index contributed by atoms with van der Waals surface area (Å²) < 4.78 is 5.12. The molecule has 4 heteroatoms. The van der Waals surface area contributed by atoms with E-state index in [1.165, 1.54) is 0 Å². The Hall–Kier alpha value is -2.10. The molecule has 0 saturated carbocycles. The first kappa shape index (κ1) is 10.4. The topological polar surface area (TPSA) is 55.0 Å². The maximum Gasteiger partial charge on any atom is 0.345 e. The van der Waals surface area contributed by atoms with Gasteiger partial charge in [0.05, 0.1) is 12.8 Å². The lowest BCUT2D eigenvalue weighted by Gasteiger charge is -2.04. The number of H-pyrrole nitrogens is 1. The van der Waals surface area contributed by atoms with Crippen molar-refractivity contribution in [2.45, 2.75) is 6.92 Å². The molecule has 82 valence electrons. The summed E-state index contributed by atoms with van der Waals surface area (Å²) in [6, 6.07) is 9.29. The number of hydrogen-bond acceptors (Lipinski definition) is 3. The molecule has 1 aromatic carbocycles. The summed E-state index contributed by atoms with van der Waals surface area (Å²) in [6.45, 7) is 1.83. The van der Waals surface area contributed by atoms with Gasteiger partial charge in [-0.15, -0.1) is 0 Å². The van der Waals surface area contributed by atoms with Crippen LogP contribution in [0, 0.1) is 6.92 Å². The van der Waals surface area contributed by atoms with Gasteiger partial charge in [-0.25, -0.2) is 4.79 Å². The van der Waals surface area contributed by atoms with E-state index in [0.29, 0.717) is 5.69 Å². The molecule has 1 aromatic heterocycles. The van der Waals surface area contributed by atoms with Gasteiger partial charge in [0, 0.05) is 11.3 Å². The van der Waals surface area contributed by atoms with Crippen LogP contribution in [-0.2, 0) is 0 Å². The summed E-state index contributed by atoms with van der Waals surface area (Å²) in [4.78, 5) is 17.8.